The third-order valence-corrected chi connectivity index (χ3v) is 2.80. The van der Waals surface area contributed by atoms with Crippen molar-refractivity contribution in [2.24, 2.45) is 0 Å². The molecule has 1 aliphatic rings. The molecule has 2 aromatic carbocycles. The number of hydrogen-bond acceptors (Lipinski definition) is 0. The van der Waals surface area contributed by atoms with Crippen LogP contribution in [-0.4, -0.2) is 0 Å². The standard InChI is InChI=1S/C14H11/c1-2-6-12-10-14-8-4-3-7-13(14)9-11(12)5-1/h1-9H,10H2/q+1. The van der Waals surface area contributed by atoms with E-state index in [2.05, 4.69) is 55.0 Å². The van der Waals surface area contributed by atoms with Crippen molar-refractivity contribution in [2.75, 3.05) is 0 Å². The van der Waals surface area contributed by atoms with Crippen molar-refractivity contribution in [1.82, 2.24) is 0 Å². The van der Waals surface area contributed by atoms with E-state index in [1.54, 1.807) is 0 Å². The molecule has 0 nitrogen and oxygen atoms in total. The fourth-order valence-corrected chi connectivity index (χ4v) is 2.04. The molecule has 1 aliphatic carbocycles. The Balaban J connectivity index is 2.12. The molecule has 0 saturated carbocycles. The van der Waals surface area contributed by atoms with Gasteiger partial charge in [-0.3, -0.25) is 0 Å². The molecular formula is C14H11+. The first-order valence-corrected chi connectivity index (χ1v) is 4.94. The van der Waals surface area contributed by atoms with Crippen molar-refractivity contribution in [3.63, 3.8) is 0 Å². The third-order valence-electron chi connectivity index (χ3n) is 2.80. The molecule has 0 N–H and O–H groups in total. The van der Waals surface area contributed by atoms with Crippen molar-refractivity contribution in [2.45, 2.75) is 6.42 Å². The number of fused-ring (bicyclic) bond motifs is 2. The van der Waals surface area contributed by atoms with Crippen molar-refractivity contribution in [3.8, 4) is 0 Å². The smallest absolute Gasteiger partial charge is 0.0462 e. The maximum absolute atomic E-state index is 2.27. The highest BCUT2D eigenvalue weighted by molar-refractivity contribution is 5.52. The van der Waals surface area contributed by atoms with Gasteiger partial charge in [-0.15, -0.1) is 0 Å². The van der Waals surface area contributed by atoms with Crippen LogP contribution in [0.2, 0.25) is 0 Å². The molecule has 0 amide bonds. The summed E-state index contributed by atoms with van der Waals surface area (Å²) in [6.07, 6.45) is 3.34. The lowest BCUT2D eigenvalue weighted by atomic mass is 9.86. The van der Waals surface area contributed by atoms with Gasteiger partial charge in [-0.1, -0.05) is 0 Å². The molecule has 0 spiro atoms. The zero-order valence-corrected chi connectivity index (χ0v) is 7.90. The van der Waals surface area contributed by atoms with Crippen LogP contribution in [0.1, 0.15) is 22.3 Å². The van der Waals surface area contributed by atoms with Crippen LogP contribution in [0.5, 0.6) is 0 Å². The van der Waals surface area contributed by atoms with Crippen molar-refractivity contribution >= 4 is 0 Å². The van der Waals surface area contributed by atoms with Gasteiger partial charge in [0.25, 0.3) is 0 Å². The van der Waals surface area contributed by atoms with E-state index in [0.717, 1.165) is 6.42 Å². The number of benzene rings is 2. The first-order chi connectivity index (χ1) is 6.93. The second kappa shape index (κ2) is 2.91. The van der Waals surface area contributed by atoms with Gasteiger partial charge in [0.05, 0.1) is 17.5 Å². The van der Waals surface area contributed by atoms with Gasteiger partial charge < -0.3 is 0 Å². The Kier molecular flexibility index (Phi) is 1.60. The molecule has 0 atom stereocenters. The van der Waals surface area contributed by atoms with Gasteiger partial charge in [0.15, 0.2) is 0 Å². The molecule has 0 heteroatoms. The molecule has 0 unspecified atom stereocenters. The lowest BCUT2D eigenvalue weighted by Gasteiger charge is -2.11. The summed E-state index contributed by atoms with van der Waals surface area (Å²) in [6.45, 7) is 0. The molecule has 66 valence electrons. The summed E-state index contributed by atoms with van der Waals surface area (Å²) in [7, 11) is 0. The summed E-state index contributed by atoms with van der Waals surface area (Å²) in [4.78, 5) is 0. The zero-order valence-electron chi connectivity index (χ0n) is 7.90. The van der Waals surface area contributed by atoms with Crippen LogP contribution < -0.4 is 0 Å². The van der Waals surface area contributed by atoms with Gasteiger partial charge in [0, 0.05) is 29.7 Å². The van der Waals surface area contributed by atoms with Gasteiger partial charge >= 0.3 is 0 Å². The highest BCUT2D eigenvalue weighted by Crippen LogP contribution is 2.27. The highest BCUT2D eigenvalue weighted by atomic mass is 14.2. The summed E-state index contributed by atoms with van der Waals surface area (Å²) < 4.78 is 0. The van der Waals surface area contributed by atoms with Crippen molar-refractivity contribution < 1.29 is 0 Å². The van der Waals surface area contributed by atoms with Crippen LogP contribution in [0.15, 0.2) is 48.5 Å². The molecule has 0 saturated heterocycles. The Hall–Kier alpha value is -1.69. The van der Waals surface area contributed by atoms with Crippen LogP contribution in [0, 0.1) is 6.42 Å². The van der Waals surface area contributed by atoms with Crippen LogP contribution in [0.25, 0.3) is 0 Å². The summed E-state index contributed by atoms with van der Waals surface area (Å²) in [5.41, 5.74) is 5.61. The molecule has 0 aliphatic heterocycles. The molecule has 0 heterocycles. The lowest BCUT2D eigenvalue weighted by Crippen LogP contribution is -2.04. The average molecular weight is 179 g/mol. The SMILES string of the molecule is c1ccc2c(c1)[CH+]c1ccccc1C2. The molecule has 14 heavy (non-hydrogen) atoms. The largest absolute Gasteiger partial charge is 0.0767 e. The summed E-state index contributed by atoms with van der Waals surface area (Å²) >= 11 is 0. The minimum absolute atomic E-state index is 1.07. The highest BCUT2D eigenvalue weighted by Gasteiger charge is 2.20. The second-order valence-corrected chi connectivity index (χ2v) is 3.72. The Bertz CT molecular complexity index is 381. The predicted octanol–water partition coefficient (Wildman–Crippen LogP) is 3.19. The van der Waals surface area contributed by atoms with Gasteiger partial charge in [0.1, 0.15) is 0 Å². The van der Waals surface area contributed by atoms with E-state index < -0.39 is 0 Å². The number of rotatable bonds is 0. The van der Waals surface area contributed by atoms with Gasteiger partial charge in [-0.25, -0.2) is 0 Å². The number of hydrogen-bond donors (Lipinski definition) is 0. The van der Waals surface area contributed by atoms with E-state index in [0.29, 0.717) is 0 Å². The molecule has 0 aromatic heterocycles. The minimum Gasteiger partial charge on any atom is -0.0462 e. The Morgan fingerprint density at radius 3 is 1.79 bits per heavy atom. The van der Waals surface area contributed by atoms with E-state index in [-0.39, 0.29) is 0 Å². The van der Waals surface area contributed by atoms with Gasteiger partial charge in [0.2, 0.25) is 0 Å². The molecule has 3 rings (SSSR count). The third kappa shape index (κ3) is 1.12. The minimum atomic E-state index is 1.07. The van der Waals surface area contributed by atoms with E-state index in [1.807, 2.05) is 0 Å². The summed E-state index contributed by atoms with van der Waals surface area (Å²) in [6, 6.07) is 17.2. The van der Waals surface area contributed by atoms with Crippen LogP contribution in [0.4, 0.5) is 0 Å². The van der Waals surface area contributed by atoms with E-state index in [1.165, 1.54) is 22.3 Å². The quantitative estimate of drug-likeness (QED) is 0.465. The van der Waals surface area contributed by atoms with Crippen LogP contribution in [-0.2, 0) is 6.42 Å². The molecule has 0 fully saturated rings. The monoisotopic (exact) mass is 179 g/mol. The average Bonchev–Trinajstić information content (AvgIpc) is 2.26. The van der Waals surface area contributed by atoms with Crippen LogP contribution >= 0.6 is 0 Å². The van der Waals surface area contributed by atoms with E-state index in [9.17, 15) is 0 Å². The summed E-state index contributed by atoms with van der Waals surface area (Å²) in [5, 5.41) is 0. The Morgan fingerprint density at radius 2 is 1.21 bits per heavy atom. The molecule has 0 radical (unpaired) electrons. The van der Waals surface area contributed by atoms with Crippen molar-refractivity contribution in [3.05, 3.63) is 77.2 Å². The maximum atomic E-state index is 2.27. The maximum Gasteiger partial charge on any atom is 0.0767 e. The van der Waals surface area contributed by atoms with Crippen LogP contribution in [0.3, 0.4) is 0 Å². The molecule has 2 aromatic rings. The van der Waals surface area contributed by atoms with Gasteiger partial charge in [-0.2, -0.15) is 0 Å². The Labute approximate surface area is 84.2 Å². The topological polar surface area (TPSA) is 0 Å². The second-order valence-electron chi connectivity index (χ2n) is 3.72. The molecule has 0 bridgehead atoms. The summed E-state index contributed by atoms with van der Waals surface area (Å²) in [5.74, 6) is 0. The van der Waals surface area contributed by atoms with Crippen molar-refractivity contribution in [1.29, 1.82) is 0 Å². The van der Waals surface area contributed by atoms with Gasteiger partial charge in [-0.05, 0) is 36.4 Å². The fraction of sp³-hybridized carbons (Fsp3) is 0.0714. The van der Waals surface area contributed by atoms with E-state index >= 15 is 0 Å². The first kappa shape index (κ1) is 7.69. The lowest BCUT2D eigenvalue weighted by molar-refractivity contribution is 1.10. The Morgan fingerprint density at radius 1 is 0.714 bits per heavy atom. The normalized spacial score (nSPS) is 12.6. The molecular weight excluding hydrogens is 168 g/mol. The van der Waals surface area contributed by atoms with E-state index in [4.69, 9.17) is 0 Å². The predicted molar refractivity (Wildman–Crippen MR) is 58.2 cm³/mol. The zero-order chi connectivity index (χ0) is 9.38. The fourth-order valence-electron chi connectivity index (χ4n) is 2.04. The first-order valence-electron chi connectivity index (χ1n) is 4.94.